The fourth-order valence-electron chi connectivity index (χ4n) is 3.41. The number of hydrogen-bond acceptors (Lipinski definition) is 5. The molecule has 0 bridgehead atoms. The van der Waals surface area contributed by atoms with Crippen LogP contribution < -0.4 is 10.1 Å². The van der Waals surface area contributed by atoms with Gasteiger partial charge in [0.1, 0.15) is 17.9 Å². The lowest BCUT2D eigenvalue weighted by molar-refractivity contribution is -0.132. The first-order chi connectivity index (χ1) is 11.9. The molecule has 1 spiro atoms. The van der Waals surface area contributed by atoms with Crippen molar-refractivity contribution in [1.29, 1.82) is 5.26 Å². The van der Waals surface area contributed by atoms with Crippen molar-refractivity contribution in [3.05, 3.63) is 29.8 Å². The maximum absolute atomic E-state index is 12.6. The quantitative estimate of drug-likeness (QED) is 0.816. The number of carbonyl (C=O) groups excluding carboxylic acids is 2. The number of benzene rings is 1. The van der Waals surface area contributed by atoms with Crippen molar-refractivity contribution in [3.8, 4) is 11.8 Å². The van der Waals surface area contributed by atoms with Gasteiger partial charge in [0.2, 0.25) is 0 Å². The smallest absolute Gasteiger partial charge is 0.325 e. The molecule has 132 valence electrons. The van der Waals surface area contributed by atoms with Gasteiger partial charge in [0.25, 0.3) is 5.91 Å². The molecule has 0 aromatic heterocycles. The SMILES string of the molecule is CC(C)N1C(=O)N[C@]2(CCN(CCOc3cccc(C#N)c3)C2)C1=O. The highest BCUT2D eigenvalue weighted by atomic mass is 16.5. The summed E-state index contributed by atoms with van der Waals surface area (Å²) < 4.78 is 5.69. The zero-order valence-corrected chi connectivity index (χ0v) is 14.5. The second kappa shape index (κ2) is 6.73. The Morgan fingerprint density at radius 2 is 2.20 bits per heavy atom. The molecule has 2 saturated heterocycles. The number of carbonyl (C=O) groups is 2. The van der Waals surface area contributed by atoms with Gasteiger partial charge in [0.15, 0.2) is 0 Å². The average molecular weight is 342 g/mol. The van der Waals surface area contributed by atoms with Gasteiger partial charge in [-0.05, 0) is 38.5 Å². The van der Waals surface area contributed by atoms with Gasteiger partial charge in [-0.1, -0.05) is 6.07 Å². The monoisotopic (exact) mass is 342 g/mol. The van der Waals surface area contributed by atoms with Gasteiger partial charge in [0.05, 0.1) is 11.6 Å². The zero-order valence-electron chi connectivity index (χ0n) is 14.5. The summed E-state index contributed by atoms with van der Waals surface area (Å²) in [6.07, 6.45) is 0.616. The molecule has 7 nitrogen and oxygen atoms in total. The highest BCUT2D eigenvalue weighted by Crippen LogP contribution is 2.29. The summed E-state index contributed by atoms with van der Waals surface area (Å²) >= 11 is 0. The van der Waals surface area contributed by atoms with Crippen molar-refractivity contribution in [2.45, 2.75) is 31.8 Å². The van der Waals surface area contributed by atoms with Gasteiger partial charge >= 0.3 is 6.03 Å². The number of likely N-dealkylation sites (tertiary alicyclic amines) is 1. The molecular weight excluding hydrogens is 320 g/mol. The Morgan fingerprint density at radius 3 is 2.88 bits per heavy atom. The summed E-state index contributed by atoms with van der Waals surface area (Å²) in [6.45, 7) is 6.03. The number of nitrogens with one attached hydrogen (secondary N) is 1. The van der Waals surface area contributed by atoms with Gasteiger partial charge in [-0.3, -0.25) is 14.6 Å². The van der Waals surface area contributed by atoms with Crippen molar-refractivity contribution >= 4 is 11.9 Å². The van der Waals surface area contributed by atoms with Crippen molar-refractivity contribution in [2.24, 2.45) is 0 Å². The third-order valence-corrected chi connectivity index (χ3v) is 4.70. The summed E-state index contributed by atoms with van der Waals surface area (Å²) in [7, 11) is 0. The van der Waals surface area contributed by atoms with E-state index >= 15 is 0 Å². The van der Waals surface area contributed by atoms with Crippen molar-refractivity contribution in [3.63, 3.8) is 0 Å². The summed E-state index contributed by atoms with van der Waals surface area (Å²) in [5.74, 6) is 0.529. The summed E-state index contributed by atoms with van der Waals surface area (Å²) in [4.78, 5) is 28.2. The van der Waals surface area contributed by atoms with E-state index in [9.17, 15) is 9.59 Å². The van der Waals surface area contributed by atoms with E-state index in [2.05, 4.69) is 16.3 Å². The van der Waals surface area contributed by atoms with E-state index in [0.717, 1.165) is 6.54 Å². The number of imide groups is 1. The van der Waals surface area contributed by atoms with Crippen LogP contribution in [0, 0.1) is 11.3 Å². The molecule has 1 aromatic carbocycles. The van der Waals surface area contributed by atoms with Crippen LogP contribution in [-0.4, -0.2) is 59.6 Å². The normalized spacial score (nSPS) is 23.4. The van der Waals surface area contributed by atoms with Crippen LogP contribution in [0.15, 0.2) is 24.3 Å². The lowest BCUT2D eigenvalue weighted by Crippen LogP contribution is -2.49. The van der Waals surface area contributed by atoms with Crippen molar-refractivity contribution in [1.82, 2.24) is 15.1 Å². The van der Waals surface area contributed by atoms with Crippen LogP contribution in [0.4, 0.5) is 4.79 Å². The van der Waals surface area contributed by atoms with Gasteiger partial charge in [-0.25, -0.2) is 4.79 Å². The summed E-state index contributed by atoms with van der Waals surface area (Å²) in [6, 6.07) is 8.67. The van der Waals surface area contributed by atoms with Gasteiger partial charge in [-0.2, -0.15) is 5.26 Å². The van der Waals surface area contributed by atoms with E-state index < -0.39 is 5.54 Å². The van der Waals surface area contributed by atoms with Crippen LogP contribution >= 0.6 is 0 Å². The number of nitriles is 1. The van der Waals surface area contributed by atoms with Gasteiger partial charge in [0, 0.05) is 25.7 Å². The molecule has 1 aromatic rings. The van der Waals surface area contributed by atoms with Crippen LogP contribution in [0.25, 0.3) is 0 Å². The van der Waals surface area contributed by atoms with E-state index in [4.69, 9.17) is 10.00 Å². The topological polar surface area (TPSA) is 85.7 Å². The Labute approximate surface area is 147 Å². The molecule has 2 fully saturated rings. The largest absolute Gasteiger partial charge is 0.492 e. The van der Waals surface area contributed by atoms with Crippen LogP contribution in [-0.2, 0) is 4.79 Å². The predicted molar refractivity (Wildman–Crippen MR) is 91.0 cm³/mol. The van der Waals surface area contributed by atoms with E-state index in [1.165, 1.54) is 4.90 Å². The first-order valence-electron chi connectivity index (χ1n) is 8.46. The molecule has 2 heterocycles. The predicted octanol–water partition coefficient (Wildman–Crippen LogP) is 1.34. The Kier molecular flexibility index (Phi) is 4.64. The third kappa shape index (κ3) is 3.30. The summed E-state index contributed by atoms with van der Waals surface area (Å²) in [5.41, 5.74) is -0.229. The molecule has 0 radical (unpaired) electrons. The standard InChI is InChI=1S/C18H22N4O3/c1-13(2)22-16(23)18(20-17(22)24)6-7-21(12-18)8-9-25-15-5-3-4-14(10-15)11-19/h3-5,10,13H,6-9,12H2,1-2H3,(H,20,24)/t18-/m0/s1. The first kappa shape index (κ1) is 17.2. The molecule has 2 aliphatic heterocycles. The molecule has 1 N–H and O–H groups in total. The molecule has 1 atom stereocenters. The van der Waals surface area contributed by atoms with E-state index in [1.54, 1.807) is 18.2 Å². The Morgan fingerprint density at radius 1 is 1.40 bits per heavy atom. The highest BCUT2D eigenvalue weighted by molar-refractivity contribution is 6.07. The molecule has 2 aliphatic rings. The van der Waals surface area contributed by atoms with Crippen molar-refractivity contribution in [2.75, 3.05) is 26.2 Å². The number of rotatable bonds is 5. The minimum Gasteiger partial charge on any atom is -0.492 e. The molecule has 25 heavy (non-hydrogen) atoms. The van der Waals surface area contributed by atoms with E-state index in [0.29, 0.717) is 37.4 Å². The first-order valence-corrected chi connectivity index (χ1v) is 8.46. The zero-order chi connectivity index (χ0) is 18.0. The lowest BCUT2D eigenvalue weighted by atomic mass is 9.99. The maximum atomic E-state index is 12.6. The fourth-order valence-corrected chi connectivity index (χ4v) is 3.41. The van der Waals surface area contributed by atoms with Crippen LogP contribution in [0.2, 0.25) is 0 Å². The minimum atomic E-state index is -0.790. The van der Waals surface area contributed by atoms with Crippen LogP contribution in [0.5, 0.6) is 5.75 Å². The van der Waals surface area contributed by atoms with Gasteiger partial charge in [-0.15, -0.1) is 0 Å². The molecule has 0 unspecified atom stereocenters. The molecular formula is C18H22N4O3. The Hall–Kier alpha value is -2.59. The number of amides is 3. The van der Waals surface area contributed by atoms with E-state index in [-0.39, 0.29) is 18.0 Å². The van der Waals surface area contributed by atoms with Crippen LogP contribution in [0.1, 0.15) is 25.8 Å². The molecule has 0 aliphatic carbocycles. The molecule has 0 saturated carbocycles. The number of nitrogens with zero attached hydrogens (tertiary/aromatic N) is 3. The van der Waals surface area contributed by atoms with Crippen LogP contribution in [0.3, 0.4) is 0 Å². The van der Waals surface area contributed by atoms with Gasteiger partial charge < -0.3 is 10.1 Å². The second-order valence-corrected chi connectivity index (χ2v) is 6.80. The minimum absolute atomic E-state index is 0.127. The number of urea groups is 1. The van der Waals surface area contributed by atoms with E-state index in [1.807, 2.05) is 19.9 Å². The molecule has 3 amide bonds. The Balaban J connectivity index is 1.54. The lowest BCUT2D eigenvalue weighted by Gasteiger charge is -2.23. The molecule has 7 heteroatoms. The third-order valence-electron chi connectivity index (χ3n) is 4.70. The number of hydrogen-bond donors (Lipinski definition) is 1. The fraction of sp³-hybridized carbons (Fsp3) is 0.500. The number of ether oxygens (including phenoxy) is 1. The highest BCUT2D eigenvalue weighted by Gasteiger charge is 2.55. The Bertz CT molecular complexity index is 727. The second-order valence-electron chi connectivity index (χ2n) is 6.80. The maximum Gasteiger partial charge on any atom is 0.325 e. The van der Waals surface area contributed by atoms with Crippen molar-refractivity contribution < 1.29 is 14.3 Å². The summed E-state index contributed by atoms with van der Waals surface area (Å²) in [5, 5.41) is 11.8. The molecule has 3 rings (SSSR count). The average Bonchev–Trinajstić information content (AvgIpc) is 3.09.